The Morgan fingerprint density at radius 1 is 0.364 bits per heavy atom. The summed E-state index contributed by atoms with van der Waals surface area (Å²) in [5, 5.41) is 33.8. The molecule has 0 rings (SSSR count). The molecule has 1 amide bonds. The van der Waals surface area contributed by atoms with Crippen LogP contribution in [0.5, 0.6) is 0 Å². The molecule has 0 saturated heterocycles. The summed E-state index contributed by atoms with van der Waals surface area (Å²) in [4.78, 5) is 12.5. The number of nitrogens with one attached hydrogen (secondary N) is 1. The molecule has 4 N–H and O–H groups in total. The zero-order valence-electron chi connectivity index (χ0n) is 45.1. The molecule has 5 heteroatoms. The number of unbranched alkanes of at least 4 members (excludes halogenated alkanes) is 47. The summed E-state index contributed by atoms with van der Waals surface area (Å²) in [5.41, 5.74) is 0. The van der Waals surface area contributed by atoms with Crippen molar-refractivity contribution in [1.29, 1.82) is 0 Å². The summed E-state index contributed by atoms with van der Waals surface area (Å²) in [6.45, 7) is 4.23. The maximum absolute atomic E-state index is 12.5. The Hall–Kier alpha value is -0.910. The van der Waals surface area contributed by atoms with Crippen molar-refractivity contribution in [3.63, 3.8) is 0 Å². The maximum Gasteiger partial charge on any atom is 0.220 e. The largest absolute Gasteiger partial charge is 0.394 e. The first kappa shape index (κ1) is 65.1. The summed E-state index contributed by atoms with van der Waals surface area (Å²) in [7, 11) is 0. The molecule has 0 aliphatic heterocycles. The van der Waals surface area contributed by atoms with Gasteiger partial charge in [-0.3, -0.25) is 4.79 Å². The third-order valence-electron chi connectivity index (χ3n) is 14.6. The quantitative estimate of drug-likeness (QED) is 0.0361. The molecule has 0 fully saturated rings. The van der Waals surface area contributed by atoms with Crippen molar-refractivity contribution in [2.45, 2.75) is 366 Å². The standard InChI is InChI=1S/C61H121NO4/c1-3-5-7-9-11-13-15-17-19-21-23-25-26-27-28-29-30-31-32-33-34-36-38-40-42-44-46-48-50-52-54-56-60(65)62-58(57-63)61(66)59(64)55-53-51-49-47-45-43-41-39-37-35-24-22-20-18-16-14-12-10-8-6-4-2/h27-28,58-59,61,63-64,66H,3-26,29-57H2,1-2H3,(H,62,65)/b28-27-. The van der Waals surface area contributed by atoms with Gasteiger partial charge in [-0.05, 0) is 38.5 Å². The van der Waals surface area contributed by atoms with Crippen LogP contribution >= 0.6 is 0 Å². The molecular formula is C61H121NO4. The minimum absolute atomic E-state index is 0.137. The molecule has 0 saturated carbocycles. The van der Waals surface area contributed by atoms with Crippen molar-refractivity contribution >= 4 is 5.91 Å². The predicted octanol–water partition coefficient (Wildman–Crippen LogP) is 19.1. The van der Waals surface area contributed by atoms with Crippen LogP contribution in [0.4, 0.5) is 0 Å². The van der Waals surface area contributed by atoms with Crippen LogP contribution < -0.4 is 5.32 Å². The van der Waals surface area contributed by atoms with Gasteiger partial charge in [0.1, 0.15) is 6.10 Å². The molecule has 0 heterocycles. The van der Waals surface area contributed by atoms with Crippen molar-refractivity contribution < 1.29 is 20.1 Å². The van der Waals surface area contributed by atoms with Crippen molar-refractivity contribution in [3.05, 3.63) is 12.2 Å². The number of hydrogen-bond donors (Lipinski definition) is 4. The van der Waals surface area contributed by atoms with Gasteiger partial charge in [0.05, 0.1) is 18.8 Å². The number of allylic oxidation sites excluding steroid dienone is 2. The molecule has 0 aromatic rings. The van der Waals surface area contributed by atoms with Crippen LogP contribution in [0.1, 0.15) is 348 Å². The first-order chi connectivity index (χ1) is 32.6. The lowest BCUT2D eigenvalue weighted by molar-refractivity contribution is -0.124. The third kappa shape index (κ3) is 51.0. The number of amides is 1. The Balaban J connectivity index is 3.48. The Kier molecular flexibility index (Phi) is 55.9. The van der Waals surface area contributed by atoms with E-state index in [-0.39, 0.29) is 12.5 Å². The third-order valence-corrected chi connectivity index (χ3v) is 14.6. The van der Waals surface area contributed by atoms with Gasteiger partial charge in [-0.1, -0.05) is 315 Å². The molecule has 3 atom stereocenters. The Labute approximate surface area is 414 Å². The van der Waals surface area contributed by atoms with E-state index in [1.165, 1.54) is 289 Å². The van der Waals surface area contributed by atoms with Crippen LogP contribution in [-0.2, 0) is 4.79 Å². The number of hydrogen-bond acceptors (Lipinski definition) is 4. The highest BCUT2D eigenvalue weighted by Crippen LogP contribution is 2.19. The van der Waals surface area contributed by atoms with E-state index in [2.05, 4.69) is 31.3 Å². The van der Waals surface area contributed by atoms with Crippen molar-refractivity contribution in [1.82, 2.24) is 5.32 Å². The zero-order valence-corrected chi connectivity index (χ0v) is 45.1. The van der Waals surface area contributed by atoms with Crippen LogP contribution in [0.2, 0.25) is 0 Å². The Morgan fingerprint density at radius 2 is 0.606 bits per heavy atom. The Morgan fingerprint density at radius 3 is 0.879 bits per heavy atom. The van der Waals surface area contributed by atoms with E-state index in [1.54, 1.807) is 0 Å². The fourth-order valence-corrected chi connectivity index (χ4v) is 9.93. The van der Waals surface area contributed by atoms with Crippen molar-refractivity contribution in [3.8, 4) is 0 Å². The lowest BCUT2D eigenvalue weighted by atomic mass is 9.99. The highest BCUT2D eigenvalue weighted by molar-refractivity contribution is 5.76. The minimum Gasteiger partial charge on any atom is -0.394 e. The smallest absolute Gasteiger partial charge is 0.220 e. The fraction of sp³-hybridized carbons (Fsp3) is 0.951. The fourth-order valence-electron chi connectivity index (χ4n) is 9.93. The summed E-state index contributed by atoms with van der Waals surface area (Å²) in [5.74, 6) is -0.137. The molecule has 394 valence electrons. The number of aliphatic hydroxyl groups excluding tert-OH is 3. The summed E-state index contributed by atoms with van der Waals surface area (Å²) >= 11 is 0. The van der Waals surface area contributed by atoms with E-state index in [0.29, 0.717) is 12.8 Å². The van der Waals surface area contributed by atoms with Crippen LogP contribution in [0.3, 0.4) is 0 Å². The molecule has 5 nitrogen and oxygen atoms in total. The highest BCUT2D eigenvalue weighted by atomic mass is 16.3. The molecule has 0 aliphatic carbocycles. The lowest BCUT2D eigenvalue weighted by Crippen LogP contribution is -2.50. The molecule has 0 aromatic carbocycles. The topological polar surface area (TPSA) is 89.8 Å². The van der Waals surface area contributed by atoms with Gasteiger partial charge >= 0.3 is 0 Å². The van der Waals surface area contributed by atoms with Crippen LogP contribution in [-0.4, -0.2) is 46.1 Å². The van der Waals surface area contributed by atoms with E-state index >= 15 is 0 Å². The number of carbonyl (C=O) groups is 1. The Bertz CT molecular complexity index is 940. The van der Waals surface area contributed by atoms with Gasteiger partial charge in [0.2, 0.25) is 5.91 Å². The van der Waals surface area contributed by atoms with E-state index in [0.717, 1.165) is 32.1 Å². The summed E-state index contributed by atoms with van der Waals surface area (Å²) in [6, 6.07) is -0.807. The monoisotopic (exact) mass is 932 g/mol. The number of carbonyl (C=O) groups excluding carboxylic acids is 1. The van der Waals surface area contributed by atoms with Crippen LogP contribution in [0, 0.1) is 0 Å². The van der Waals surface area contributed by atoms with E-state index in [4.69, 9.17) is 0 Å². The second-order valence-electron chi connectivity index (χ2n) is 21.3. The molecule has 66 heavy (non-hydrogen) atoms. The van der Waals surface area contributed by atoms with Gasteiger partial charge in [-0.2, -0.15) is 0 Å². The number of rotatable bonds is 57. The predicted molar refractivity (Wildman–Crippen MR) is 292 cm³/mol. The molecule has 3 unspecified atom stereocenters. The van der Waals surface area contributed by atoms with E-state index in [9.17, 15) is 20.1 Å². The maximum atomic E-state index is 12.5. The van der Waals surface area contributed by atoms with Gasteiger partial charge < -0.3 is 20.6 Å². The average Bonchev–Trinajstić information content (AvgIpc) is 3.32. The van der Waals surface area contributed by atoms with Crippen LogP contribution in [0.25, 0.3) is 0 Å². The van der Waals surface area contributed by atoms with E-state index in [1.807, 2.05) is 0 Å². The zero-order chi connectivity index (χ0) is 47.9. The second-order valence-corrected chi connectivity index (χ2v) is 21.3. The summed E-state index contributed by atoms with van der Waals surface area (Å²) in [6.07, 6.45) is 71.0. The molecule has 0 bridgehead atoms. The summed E-state index contributed by atoms with van der Waals surface area (Å²) < 4.78 is 0. The van der Waals surface area contributed by atoms with Gasteiger partial charge in [0, 0.05) is 6.42 Å². The molecule has 0 spiro atoms. The molecular weight excluding hydrogens is 811 g/mol. The van der Waals surface area contributed by atoms with E-state index < -0.39 is 18.2 Å². The SMILES string of the molecule is CCCCCCCCCCCCCC/C=C\CCCCCCCCCCCCCCCCCC(=O)NC(CO)C(O)C(O)CCCCCCCCCCCCCCCCCCCCCCC. The van der Waals surface area contributed by atoms with Gasteiger partial charge in [0.25, 0.3) is 0 Å². The van der Waals surface area contributed by atoms with Gasteiger partial charge in [-0.15, -0.1) is 0 Å². The van der Waals surface area contributed by atoms with Gasteiger partial charge in [-0.25, -0.2) is 0 Å². The number of aliphatic hydroxyl groups is 3. The minimum atomic E-state index is -1.13. The highest BCUT2D eigenvalue weighted by Gasteiger charge is 2.26. The molecule has 0 aromatic heterocycles. The first-order valence-electron chi connectivity index (χ1n) is 30.5. The molecule has 0 radical (unpaired) electrons. The second kappa shape index (κ2) is 56.7. The van der Waals surface area contributed by atoms with Gasteiger partial charge in [0.15, 0.2) is 0 Å². The average molecular weight is 933 g/mol. The van der Waals surface area contributed by atoms with Crippen molar-refractivity contribution in [2.24, 2.45) is 0 Å². The molecule has 0 aliphatic rings. The van der Waals surface area contributed by atoms with Crippen LogP contribution in [0.15, 0.2) is 12.2 Å². The first-order valence-corrected chi connectivity index (χ1v) is 30.5. The normalized spacial score (nSPS) is 13.2. The van der Waals surface area contributed by atoms with Crippen molar-refractivity contribution in [2.75, 3.05) is 6.61 Å². The lowest BCUT2D eigenvalue weighted by Gasteiger charge is -2.26.